The minimum atomic E-state index is 0.577. The van der Waals surface area contributed by atoms with Crippen molar-refractivity contribution in [2.24, 2.45) is 0 Å². The predicted octanol–water partition coefficient (Wildman–Crippen LogP) is 12.8. The van der Waals surface area contributed by atoms with Gasteiger partial charge in [-0.25, -0.2) is 4.98 Å². The van der Waals surface area contributed by atoms with Gasteiger partial charge in [0.05, 0.1) is 5.69 Å². The van der Waals surface area contributed by atoms with Crippen molar-refractivity contribution in [3.63, 3.8) is 0 Å². The third-order valence-corrected chi connectivity index (χ3v) is 9.47. The highest BCUT2D eigenvalue weighted by Crippen LogP contribution is 2.44. The number of nitrogens with zero attached hydrogens (tertiary/aromatic N) is 2. The summed E-state index contributed by atoms with van der Waals surface area (Å²) in [5.41, 5.74) is 9.64. The SMILES string of the molecule is c1cc(-c2cccc3ccccc23)cc(N(c2ccc3oc4cccc(-c5nc6ccccc6o5)c4c3c2)c2cccc3ccccc23)c1. The molecule has 0 aliphatic heterocycles. The summed E-state index contributed by atoms with van der Waals surface area (Å²) in [6.45, 7) is 0. The van der Waals surface area contributed by atoms with Crippen molar-refractivity contribution in [2.45, 2.75) is 0 Å². The number of hydrogen-bond acceptors (Lipinski definition) is 4. The molecule has 8 aromatic carbocycles. The molecule has 0 atom stereocenters. The average molecular weight is 629 g/mol. The molecule has 10 aromatic rings. The van der Waals surface area contributed by atoms with Gasteiger partial charge in [0.2, 0.25) is 5.89 Å². The van der Waals surface area contributed by atoms with Crippen molar-refractivity contribution >= 4 is 71.6 Å². The summed E-state index contributed by atoms with van der Waals surface area (Å²) in [6.07, 6.45) is 0. The van der Waals surface area contributed by atoms with E-state index >= 15 is 0 Å². The zero-order valence-electron chi connectivity index (χ0n) is 26.4. The molecule has 0 N–H and O–H groups in total. The number of hydrogen-bond donors (Lipinski definition) is 0. The van der Waals surface area contributed by atoms with Gasteiger partial charge in [-0.15, -0.1) is 0 Å². The molecule has 0 saturated carbocycles. The zero-order chi connectivity index (χ0) is 32.3. The molecule has 0 saturated heterocycles. The highest BCUT2D eigenvalue weighted by molar-refractivity contribution is 6.13. The molecule has 4 nitrogen and oxygen atoms in total. The maximum atomic E-state index is 6.43. The van der Waals surface area contributed by atoms with Crippen LogP contribution in [0.25, 0.3) is 77.2 Å². The first-order chi connectivity index (χ1) is 24.3. The van der Waals surface area contributed by atoms with Gasteiger partial charge < -0.3 is 13.7 Å². The van der Waals surface area contributed by atoms with E-state index in [2.05, 4.69) is 138 Å². The Hall–Kier alpha value is -6.65. The first-order valence-electron chi connectivity index (χ1n) is 16.5. The summed E-state index contributed by atoms with van der Waals surface area (Å²) >= 11 is 0. The number of benzene rings is 8. The predicted molar refractivity (Wildman–Crippen MR) is 202 cm³/mol. The lowest BCUT2D eigenvalue weighted by atomic mass is 9.97. The molecule has 0 bridgehead atoms. The molecule has 2 aromatic heterocycles. The fourth-order valence-corrected chi connectivity index (χ4v) is 7.24. The third kappa shape index (κ3) is 4.49. The Labute approximate surface area is 282 Å². The van der Waals surface area contributed by atoms with Crippen LogP contribution in [0.2, 0.25) is 0 Å². The van der Waals surface area contributed by atoms with Crippen LogP contribution in [0.15, 0.2) is 179 Å². The number of oxazole rings is 1. The summed E-state index contributed by atoms with van der Waals surface area (Å²) < 4.78 is 12.7. The Bertz CT molecular complexity index is 2820. The smallest absolute Gasteiger partial charge is 0.228 e. The van der Waals surface area contributed by atoms with Crippen molar-refractivity contribution in [2.75, 3.05) is 4.90 Å². The summed E-state index contributed by atoms with van der Waals surface area (Å²) in [5, 5.41) is 6.79. The first-order valence-corrected chi connectivity index (χ1v) is 16.5. The van der Waals surface area contributed by atoms with Crippen molar-refractivity contribution in [1.29, 1.82) is 0 Å². The van der Waals surface area contributed by atoms with Gasteiger partial charge in [0.25, 0.3) is 0 Å². The Morgan fingerprint density at radius 1 is 0.429 bits per heavy atom. The number of aromatic nitrogens is 1. The molecule has 2 heterocycles. The fraction of sp³-hybridized carbons (Fsp3) is 0. The second kappa shape index (κ2) is 11.0. The van der Waals surface area contributed by atoms with Crippen LogP contribution in [-0.2, 0) is 0 Å². The van der Waals surface area contributed by atoms with Gasteiger partial charge in [0.1, 0.15) is 16.7 Å². The van der Waals surface area contributed by atoms with Gasteiger partial charge >= 0.3 is 0 Å². The van der Waals surface area contributed by atoms with E-state index < -0.39 is 0 Å². The van der Waals surface area contributed by atoms with Crippen LogP contribution in [0, 0.1) is 0 Å². The highest BCUT2D eigenvalue weighted by Gasteiger charge is 2.21. The number of rotatable bonds is 5. The van der Waals surface area contributed by atoms with Crippen LogP contribution in [0.3, 0.4) is 0 Å². The van der Waals surface area contributed by atoms with E-state index in [4.69, 9.17) is 13.8 Å². The second-order valence-corrected chi connectivity index (χ2v) is 12.4. The molecule has 0 unspecified atom stereocenters. The summed E-state index contributed by atoms with van der Waals surface area (Å²) in [6, 6.07) is 59.4. The van der Waals surface area contributed by atoms with Crippen LogP contribution in [-0.4, -0.2) is 4.98 Å². The quantitative estimate of drug-likeness (QED) is 0.190. The molecule has 4 heteroatoms. The lowest BCUT2D eigenvalue weighted by Gasteiger charge is -2.27. The van der Waals surface area contributed by atoms with Crippen LogP contribution < -0.4 is 4.90 Å². The number of furan rings is 1. The molecule has 0 amide bonds. The van der Waals surface area contributed by atoms with Crippen molar-refractivity contribution < 1.29 is 8.83 Å². The standard InChI is InChI=1S/C45H28N2O2/c1-3-17-34-29(11-1)13-8-19-35(34)31-15-7-16-32(27-31)47(40-22-9-14-30-12-2-4-18-36(30)40)33-25-26-41-38(28-33)44-37(20-10-24-43(44)48-41)45-46-39-21-5-6-23-42(39)49-45/h1-28H. The van der Waals surface area contributed by atoms with Gasteiger partial charge in [-0.2, -0.15) is 0 Å². The number of para-hydroxylation sites is 2. The first kappa shape index (κ1) is 27.5. The maximum Gasteiger partial charge on any atom is 0.228 e. The minimum absolute atomic E-state index is 0.577. The van der Waals surface area contributed by atoms with E-state index in [1.54, 1.807) is 0 Å². The van der Waals surface area contributed by atoms with Gasteiger partial charge in [0, 0.05) is 33.1 Å². The lowest BCUT2D eigenvalue weighted by molar-refractivity contribution is 0.620. The molecule has 0 radical (unpaired) electrons. The van der Waals surface area contributed by atoms with E-state index in [-0.39, 0.29) is 0 Å². The summed E-state index contributed by atoms with van der Waals surface area (Å²) in [7, 11) is 0. The molecule has 0 aliphatic carbocycles. The van der Waals surface area contributed by atoms with E-state index in [1.807, 2.05) is 36.4 Å². The molecule has 10 rings (SSSR count). The third-order valence-electron chi connectivity index (χ3n) is 9.47. The van der Waals surface area contributed by atoms with Gasteiger partial charge in [-0.3, -0.25) is 0 Å². The molecule has 0 aliphatic rings. The van der Waals surface area contributed by atoms with E-state index in [0.717, 1.165) is 61.2 Å². The Morgan fingerprint density at radius 2 is 1.10 bits per heavy atom. The van der Waals surface area contributed by atoms with Crippen LogP contribution in [0.5, 0.6) is 0 Å². The van der Waals surface area contributed by atoms with Crippen molar-refractivity contribution in [3.05, 3.63) is 170 Å². The van der Waals surface area contributed by atoms with Crippen molar-refractivity contribution in [3.8, 4) is 22.6 Å². The van der Waals surface area contributed by atoms with E-state index in [9.17, 15) is 0 Å². The summed E-state index contributed by atoms with van der Waals surface area (Å²) in [5.74, 6) is 0.577. The average Bonchev–Trinajstić information content (AvgIpc) is 3.77. The van der Waals surface area contributed by atoms with Crippen LogP contribution in [0.4, 0.5) is 17.1 Å². The molecule has 0 fully saturated rings. The lowest BCUT2D eigenvalue weighted by Crippen LogP contribution is -2.10. The fourth-order valence-electron chi connectivity index (χ4n) is 7.24. The Morgan fingerprint density at radius 3 is 2.00 bits per heavy atom. The summed E-state index contributed by atoms with van der Waals surface area (Å²) in [4.78, 5) is 7.21. The Balaban J connectivity index is 1.21. The van der Waals surface area contributed by atoms with E-state index in [1.165, 1.54) is 27.1 Å². The zero-order valence-corrected chi connectivity index (χ0v) is 26.4. The number of fused-ring (bicyclic) bond motifs is 6. The van der Waals surface area contributed by atoms with Gasteiger partial charge in [-0.05, 0) is 87.9 Å². The number of anilines is 3. The minimum Gasteiger partial charge on any atom is -0.456 e. The second-order valence-electron chi connectivity index (χ2n) is 12.4. The molecular weight excluding hydrogens is 601 g/mol. The molecule has 49 heavy (non-hydrogen) atoms. The molecular formula is C45H28N2O2. The normalized spacial score (nSPS) is 11.7. The largest absolute Gasteiger partial charge is 0.456 e. The van der Waals surface area contributed by atoms with Crippen LogP contribution in [0.1, 0.15) is 0 Å². The van der Waals surface area contributed by atoms with Gasteiger partial charge in [0.15, 0.2) is 5.58 Å². The highest BCUT2D eigenvalue weighted by atomic mass is 16.3. The molecule has 0 spiro atoms. The topological polar surface area (TPSA) is 42.4 Å². The van der Waals surface area contributed by atoms with Crippen molar-refractivity contribution in [1.82, 2.24) is 4.98 Å². The Kier molecular flexibility index (Phi) is 6.15. The van der Waals surface area contributed by atoms with E-state index in [0.29, 0.717) is 5.89 Å². The van der Waals surface area contributed by atoms with Gasteiger partial charge in [-0.1, -0.05) is 109 Å². The monoisotopic (exact) mass is 628 g/mol. The molecule has 230 valence electrons. The van der Waals surface area contributed by atoms with Crippen LogP contribution >= 0.6 is 0 Å². The maximum absolute atomic E-state index is 6.43.